The number of hydrogen-bond acceptors (Lipinski definition) is 4. The maximum Gasteiger partial charge on any atom is 0.274 e. The number of carbonyl (C=O) groups is 1. The lowest BCUT2D eigenvalue weighted by atomic mass is 10.2. The molecule has 3 rings (SSSR count). The molecule has 7 heteroatoms. The van der Waals surface area contributed by atoms with Crippen molar-refractivity contribution < 1.29 is 9.53 Å². The van der Waals surface area contributed by atoms with Crippen LogP contribution in [0.5, 0.6) is 5.75 Å². The zero-order valence-electron chi connectivity index (χ0n) is 13.8. The maximum absolute atomic E-state index is 12.4. The van der Waals surface area contributed by atoms with E-state index < -0.39 is 0 Å². The Morgan fingerprint density at radius 2 is 1.65 bits per heavy atom. The van der Waals surface area contributed by atoms with Gasteiger partial charge in [0.2, 0.25) is 0 Å². The molecule has 0 fully saturated rings. The Morgan fingerprint density at radius 1 is 0.923 bits per heavy atom. The molecule has 0 spiro atoms. The first-order valence-corrected chi connectivity index (χ1v) is 8.44. The lowest BCUT2D eigenvalue weighted by Crippen LogP contribution is -2.13. The molecule has 1 heterocycles. The summed E-state index contributed by atoms with van der Waals surface area (Å²) in [4.78, 5) is 16.5. The molecule has 26 heavy (non-hydrogen) atoms. The molecule has 1 amide bonds. The zero-order chi connectivity index (χ0) is 18.5. The summed E-state index contributed by atoms with van der Waals surface area (Å²) in [5.74, 6) is 0.425. The first-order chi connectivity index (χ1) is 12.5. The highest BCUT2D eigenvalue weighted by Crippen LogP contribution is 2.25. The number of rotatable bonds is 5. The molecular formula is C19H15Cl2N3O2. The van der Waals surface area contributed by atoms with Crippen molar-refractivity contribution in [1.29, 1.82) is 0 Å². The number of halogens is 2. The molecule has 3 aromatic rings. The van der Waals surface area contributed by atoms with E-state index in [2.05, 4.69) is 15.6 Å². The summed E-state index contributed by atoms with van der Waals surface area (Å²) in [6.45, 7) is 0. The van der Waals surface area contributed by atoms with Crippen LogP contribution in [-0.2, 0) is 0 Å². The van der Waals surface area contributed by atoms with E-state index in [9.17, 15) is 4.79 Å². The third-order valence-electron chi connectivity index (χ3n) is 3.55. The quantitative estimate of drug-likeness (QED) is 0.615. The predicted molar refractivity (Wildman–Crippen MR) is 105 cm³/mol. The lowest BCUT2D eigenvalue weighted by molar-refractivity contribution is 0.102. The van der Waals surface area contributed by atoms with Crippen molar-refractivity contribution in [2.24, 2.45) is 0 Å². The fourth-order valence-corrected chi connectivity index (χ4v) is 2.54. The number of methoxy groups -OCH3 is 1. The van der Waals surface area contributed by atoms with Gasteiger partial charge >= 0.3 is 0 Å². The topological polar surface area (TPSA) is 63.2 Å². The van der Waals surface area contributed by atoms with E-state index in [-0.39, 0.29) is 11.6 Å². The Balaban J connectivity index is 1.73. The second kappa shape index (κ2) is 8.08. The molecular weight excluding hydrogens is 373 g/mol. The molecule has 0 atom stereocenters. The molecule has 0 aliphatic heterocycles. The molecule has 2 N–H and O–H groups in total. The van der Waals surface area contributed by atoms with Crippen molar-refractivity contribution in [3.63, 3.8) is 0 Å². The molecule has 0 bridgehead atoms. The summed E-state index contributed by atoms with van der Waals surface area (Å²) in [5, 5.41) is 6.75. The fourth-order valence-electron chi connectivity index (χ4n) is 2.24. The highest BCUT2D eigenvalue weighted by molar-refractivity contribution is 6.42. The highest BCUT2D eigenvalue weighted by atomic mass is 35.5. The first-order valence-electron chi connectivity index (χ1n) is 7.69. The molecule has 0 aliphatic rings. The van der Waals surface area contributed by atoms with E-state index in [1.807, 2.05) is 24.3 Å². The minimum absolute atomic E-state index is 0.273. The van der Waals surface area contributed by atoms with E-state index in [1.165, 1.54) is 0 Å². The van der Waals surface area contributed by atoms with Crippen molar-refractivity contribution in [3.8, 4) is 5.75 Å². The van der Waals surface area contributed by atoms with E-state index in [0.29, 0.717) is 15.7 Å². The number of nitrogens with one attached hydrogen (secondary N) is 2. The van der Waals surface area contributed by atoms with Gasteiger partial charge in [0.05, 0.1) is 17.2 Å². The fraction of sp³-hybridized carbons (Fsp3) is 0.0526. The first kappa shape index (κ1) is 18.0. The van der Waals surface area contributed by atoms with Crippen LogP contribution in [0.4, 0.5) is 17.1 Å². The smallest absolute Gasteiger partial charge is 0.274 e. The predicted octanol–water partition coefficient (Wildman–Crippen LogP) is 5.39. The minimum atomic E-state index is -0.346. The Morgan fingerprint density at radius 3 is 2.35 bits per heavy atom. The van der Waals surface area contributed by atoms with Crippen LogP contribution < -0.4 is 15.4 Å². The van der Waals surface area contributed by atoms with Crippen LogP contribution in [0.25, 0.3) is 0 Å². The third kappa shape index (κ3) is 4.45. The second-order valence-corrected chi connectivity index (χ2v) is 6.18. The molecule has 2 aromatic carbocycles. The van der Waals surface area contributed by atoms with Crippen molar-refractivity contribution in [2.45, 2.75) is 0 Å². The standard InChI is InChI=1S/C19H15Cl2N3O2/c1-26-15-5-2-12(3-6-15)23-14-8-9-22-18(11-14)19(25)24-13-4-7-16(20)17(21)10-13/h2-11H,1H3,(H,22,23)(H,24,25). The largest absolute Gasteiger partial charge is 0.497 e. The summed E-state index contributed by atoms with van der Waals surface area (Å²) in [6, 6.07) is 15.8. The Hall–Kier alpha value is -2.76. The number of anilines is 3. The van der Waals surface area contributed by atoms with Gasteiger partial charge in [0.1, 0.15) is 11.4 Å². The van der Waals surface area contributed by atoms with Gasteiger partial charge in [0, 0.05) is 23.3 Å². The van der Waals surface area contributed by atoms with Crippen LogP contribution in [-0.4, -0.2) is 18.0 Å². The number of carbonyl (C=O) groups excluding carboxylic acids is 1. The van der Waals surface area contributed by atoms with Gasteiger partial charge in [-0.05, 0) is 54.6 Å². The van der Waals surface area contributed by atoms with Crippen LogP contribution in [0.3, 0.4) is 0 Å². The summed E-state index contributed by atoms with van der Waals surface area (Å²) < 4.78 is 5.13. The van der Waals surface area contributed by atoms with Gasteiger partial charge < -0.3 is 15.4 Å². The number of pyridine rings is 1. The highest BCUT2D eigenvalue weighted by Gasteiger charge is 2.10. The monoisotopic (exact) mass is 387 g/mol. The number of benzene rings is 2. The number of aromatic nitrogens is 1. The zero-order valence-corrected chi connectivity index (χ0v) is 15.3. The molecule has 0 unspecified atom stereocenters. The Kier molecular flexibility index (Phi) is 5.61. The summed E-state index contributed by atoms with van der Waals surface area (Å²) in [5.41, 5.74) is 2.42. The van der Waals surface area contributed by atoms with Gasteiger partial charge in [-0.25, -0.2) is 0 Å². The van der Waals surface area contributed by atoms with Gasteiger partial charge in [-0.3, -0.25) is 9.78 Å². The van der Waals surface area contributed by atoms with Crippen LogP contribution >= 0.6 is 23.2 Å². The van der Waals surface area contributed by atoms with Crippen LogP contribution in [0.2, 0.25) is 10.0 Å². The minimum Gasteiger partial charge on any atom is -0.497 e. The summed E-state index contributed by atoms with van der Waals surface area (Å²) in [6.07, 6.45) is 1.57. The van der Waals surface area contributed by atoms with E-state index >= 15 is 0 Å². The summed E-state index contributed by atoms with van der Waals surface area (Å²) >= 11 is 11.8. The molecule has 5 nitrogen and oxygen atoms in total. The third-order valence-corrected chi connectivity index (χ3v) is 4.29. The van der Waals surface area contributed by atoms with Crippen LogP contribution in [0.1, 0.15) is 10.5 Å². The van der Waals surface area contributed by atoms with E-state index in [1.54, 1.807) is 43.6 Å². The lowest BCUT2D eigenvalue weighted by Gasteiger charge is -2.09. The second-order valence-electron chi connectivity index (χ2n) is 5.37. The average molecular weight is 388 g/mol. The molecule has 132 valence electrons. The molecule has 0 aliphatic carbocycles. The summed E-state index contributed by atoms with van der Waals surface area (Å²) in [7, 11) is 1.62. The van der Waals surface area contributed by atoms with Crippen LogP contribution in [0, 0.1) is 0 Å². The van der Waals surface area contributed by atoms with Crippen molar-refractivity contribution in [3.05, 3.63) is 76.5 Å². The maximum atomic E-state index is 12.4. The van der Waals surface area contributed by atoms with Gasteiger partial charge in [-0.15, -0.1) is 0 Å². The van der Waals surface area contributed by atoms with Crippen LogP contribution in [0.15, 0.2) is 60.8 Å². The van der Waals surface area contributed by atoms with E-state index in [0.717, 1.165) is 17.1 Å². The Bertz CT molecular complexity index is 930. The Labute approximate surface area is 160 Å². The van der Waals surface area contributed by atoms with Crippen molar-refractivity contribution >= 4 is 46.2 Å². The number of amides is 1. The number of ether oxygens (including phenoxy) is 1. The van der Waals surface area contributed by atoms with Crippen molar-refractivity contribution in [1.82, 2.24) is 4.98 Å². The molecule has 0 saturated heterocycles. The SMILES string of the molecule is COc1ccc(Nc2ccnc(C(=O)Nc3ccc(Cl)c(Cl)c3)c2)cc1. The molecule has 0 radical (unpaired) electrons. The molecule has 0 saturated carbocycles. The van der Waals surface area contributed by atoms with Gasteiger partial charge in [0.15, 0.2) is 0 Å². The van der Waals surface area contributed by atoms with Crippen molar-refractivity contribution in [2.75, 3.05) is 17.7 Å². The van der Waals surface area contributed by atoms with Gasteiger partial charge in [-0.2, -0.15) is 0 Å². The average Bonchev–Trinajstić information content (AvgIpc) is 2.65. The normalized spacial score (nSPS) is 10.3. The van der Waals surface area contributed by atoms with Gasteiger partial charge in [0.25, 0.3) is 5.91 Å². The number of hydrogen-bond donors (Lipinski definition) is 2. The number of nitrogens with zero attached hydrogens (tertiary/aromatic N) is 1. The molecule has 1 aromatic heterocycles. The van der Waals surface area contributed by atoms with Gasteiger partial charge in [-0.1, -0.05) is 23.2 Å². The van der Waals surface area contributed by atoms with E-state index in [4.69, 9.17) is 27.9 Å².